The van der Waals surface area contributed by atoms with Crippen LogP contribution in [0.4, 0.5) is 19.1 Å². The molecule has 28 heavy (non-hydrogen) atoms. The summed E-state index contributed by atoms with van der Waals surface area (Å²) in [4.78, 5) is 20.6. The summed E-state index contributed by atoms with van der Waals surface area (Å²) in [5, 5.41) is 6.83. The van der Waals surface area contributed by atoms with Crippen molar-refractivity contribution in [2.24, 2.45) is 0 Å². The third kappa shape index (κ3) is 4.21. The molecule has 0 atom stereocenters. The molecule has 0 bridgehead atoms. The first-order chi connectivity index (χ1) is 13.1. The summed E-state index contributed by atoms with van der Waals surface area (Å²) < 4.78 is 39.2. The lowest BCUT2D eigenvalue weighted by atomic mass is 10.1. The molecule has 0 spiro atoms. The highest BCUT2D eigenvalue weighted by Crippen LogP contribution is 2.29. The number of carbonyl (C=O) groups excluding carboxylic acids is 1. The van der Waals surface area contributed by atoms with Crippen LogP contribution in [-0.4, -0.2) is 32.0 Å². The number of hydrogen-bond acceptors (Lipinski definition) is 5. The van der Waals surface area contributed by atoms with Gasteiger partial charge in [0, 0.05) is 23.5 Å². The number of aryl methyl sites for hydroxylation is 2. The second-order valence-electron chi connectivity index (χ2n) is 6.41. The molecule has 0 fully saturated rings. The minimum Gasteiger partial charge on any atom is -0.366 e. The zero-order valence-electron chi connectivity index (χ0n) is 15.3. The van der Waals surface area contributed by atoms with Crippen LogP contribution in [-0.2, 0) is 23.8 Å². The summed E-state index contributed by atoms with van der Waals surface area (Å²) in [5.41, 5.74) is 7.72. The summed E-state index contributed by atoms with van der Waals surface area (Å²) in [7, 11) is 0. The van der Waals surface area contributed by atoms with E-state index in [1.807, 2.05) is 0 Å². The minimum atomic E-state index is -4.35. The number of amides is 1. The minimum absolute atomic E-state index is 0.105. The van der Waals surface area contributed by atoms with Crippen LogP contribution in [0.2, 0.25) is 0 Å². The lowest BCUT2D eigenvalue weighted by Gasteiger charge is -2.11. The number of nitrogens with one attached hydrogen (secondary N) is 1. The highest BCUT2D eigenvalue weighted by atomic mass is 19.4. The quantitative estimate of drug-likeness (QED) is 0.694. The molecule has 1 aromatic carbocycles. The molecular formula is C18H19F3N6O. The molecule has 0 saturated heterocycles. The number of hydrogen-bond donors (Lipinski definition) is 2. The van der Waals surface area contributed by atoms with Crippen LogP contribution in [0.15, 0.2) is 24.3 Å². The van der Waals surface area contributed by atoms with Gasteiger partial charge in [0.2, 0.25) is 11.9 Å². The van der Waals surface area contributed by atoms with Crippen molar-refractivity contribution >= 4 is 17.6 Å². The number of nitrogen functional groups attached to an aromatic ring is 1. The second-order valence-corrected chi connectivity index (χ2v) is 6.41. The first-order valence-electron chi connectivity index (χ1n) is 8.56. The van der Waals surface area contributed by atoms with Crippen molar-refractivity contribution < 1.29 is 18.0 Å². The number of rotatable bonds is 5. The molecule has 2 aromatic heterocycles. The van der Waals surface area contributed by atoms with E-state index in [1.54, 1.807) is 13.8 Å². The fraction of sp³-hybridized carbons (Fsp3) is 0.333. The van der Waals surface area contributed by atoms with E-state index in [1.165, 1.54) is 16.6 Å². The van der Waals surface area contributed by atoms with Crippen LogP contribution in [0.5, 0.6) is 0 Å². The van der Waals surface area contributed by atoms with Crippen molar-refractivity contribution in [2.45, 2.75) is 32.9 Å². The highest BCUT2D eigenvalue weighted by molar-refractivity contribution is 5.79. The van der Waals surface area contributed by atoms with Crippen LogP contribution in [0.25, 0.3) is 5.78 Å². The summed E-state index contributed by atoms with van der Waals surface area (Å²) >= 11 is 0. The molecule has 2 heterocycles. The molecule has 0 radical (unpaired) electrons. The summed E-state index contributed by atoms with van der Waals surface area (Å²) in [6.45, 7) is 3.90. The smallest absolute Gasteiger partial charge is 0.366 e. The Bertz CT molecular complexity index is 1010. The Morgan fingerprint density at radius 2 is 1.86 bits per heavy atom. The van der Waals surface area contributed by atoms with Crippen LogP contribution < -0.4 is 11.1 Å². The lowest BCUT2D eigenvalue weighted by Crippen LogP contribution is -2.28. The number of fused-ring (bicyclic) bond motifs is 1. The predicted molar refractivity (Wildman–Crippen MR) is 96.5 cm³/mol. The lowest BCUT2D eigenvalue weighted by molar-refractivity contribution is -0.137. The molecular weight excluding hydrogens is 373 g/mol. The number of halogens is 3. The average Bonchev–Trinajstić information content (AvgIpc) is 2.99. The fourth-order valence-corrected chi connectivity index (χ4v) is 2.91. The van der Waals surface area contributed by atoms with Gasteiger partial charge in [-0.3, -0.25) is 4.79 Å². The molecule has 3 rings (SSSR count). The molecule has 0 aliphatic carbocycles. The molecule has 3 N–H and O–H groups in total. The van der Waals surface area contributed by atoms with Gasteiger partial charge >= 0.3 is 6.18 Å². The monoisotopic (exact) mass is 392 g/mol. The van der Waals surface area contributed by atoms with Gasteiger partial charge in [0.15, 0.2) is 0 Å². The van der Waals surface area contributed by atoms with E-state index in [0.717, 1.165) is 23.4 Å². The Labute approximate surface area is 158 Å². The third-order valence-corrected chi connectivity index (χ3v) is 4.42. The first-order valence-corrected chi connectivity index (χ1v) is 8.56. The van der Waals surface area contributed by atoms with Crippen molar-refractivity contribution in [1.82, 2.24) is 24.9 Å². The van der Waals surface area contributed by atoms with Crippen molar-refractivity contribution in [3.05, 3.63) is 52.3 Å². The summed E-state index contributed by atoms with van der Waals surface area (Å²) in [6, 6.07) is 4.90. The molecule has 0 aliphatic rings. The normalized spacial score (nSPS) is 11.8. The van der Waals surface area contributed by atoms with E-state index in [2.05, 4.69) is 20.4 Å². The Hall–Kier alpha value is -3.17. The molecule has 7 nitrogen and oxygen atoms in total. The van der Waals surface area contributed by atoms with Crippen LogP contribution in [0.1, 0.15) is 28.1 Å². The number of carbonyl (C=O) groups is 1. The fourth-order valence-electron chi connectivity index (χ4n) is 2.91. The van der Waals surface area contributed by atoms with Crippen LogP contribution >= 0.6 is 0 Å². The molecule has 10 heteroatoms. The van der Waals surface area contributed by atoms with Gasteiger partial charge in [0.1, 0.15) is 0 Å². The molecule has 0 unspecified atom stereocenters. The molecule has 3 aromatic rings. The summed E-state index contributed by atoms with van der Waals surface area (Å²) in [6.07, 6.45) is -3.82. The number of anilines is 1. The SMILES string of the molecule is Cc1nc2nc(N)nn2c(C)c1CC(=O)NCCc1ccc(C(F)(F)F)cc1. The number of benzene rings is 1. The number of alkyl halides is 3. The van der Waals surface area contributed by atoms with Gasteiger partial charge in [0.25, 0.3) is 5.78 Å². The van der Waals surface area contributed by atoms with Gasteiger partial charge in [-0.1, -0.05) is 12.1 Å². The van der Waals surface area contributed by atoms with Crippen molar-refractivity contribution in [2.75, 3.05) is 12.3 Å². The third-order valence-electron chi connectivity index (χ3n) is 4.42. The number of aromatic nitrogens is 4. The van der Waals surface area contributed by atoms with E-state index in [0.29, 0.717) is 30.0 Å². The number of nitrogens with two attached hydrogens (primary N) is 1. The van der Waals surface area contributed by atoms with E-state index >= 15 is 0 Å². The van der Waals surface area contributed by atoms with Gasteiger partial charge in [-0.25, -0.2) is 4.98 Å². The van der Waals surface area contributed by atoms with E-state index in [4.69, 9.17) is 5.73 Å². The number of nitrogens with zero attached hydrogens (tertiary/aromatic N) is 4. The Morgan fingerprint density at radius 1 is 1.18 bits per heavy atom. The second kappa shape index (κ2) is 7.45. The van der Waals surface area contributed by atoms with E-state index in [-0.39, 0.29) is 18.3 Å². The Morgan fingerprint density at radius 3 is 2.50 bits per heavy atom. The van der Waals surface area contributed by atoms with Crippen molar-refractivity contribution in [3.8, 4) is 0 Å². The van der Waals surface area contributed by atoms with Crippen LogP contribution in [0.3, 0.4) is 0 Å². The zero-order valence-corrected chi connectivity index (χ0v) is 15.3. The molecule has 0 aliphatic heterocycles. The summed E-state index contributed by atoms with van der Waals surface area (Å²) in [5.74, 6) is 0.263. The maximum absolute atomic E-state index is 12.6. The average molecular weight is 392 g/mol. The topological polar surface area (TPSA) is 98.2 Å². The highest BCUT2D eigenvalue weighted by Gasteiger charge is 2.29. The molecule has 148 valence electrons. The van der Waals surface area contributed by atoms with Crippen molar-refractivity contribution in [3.63, 3.8) is 0 Å². The van der Waals surface area contributed by atoms with Crippen molar-refractivity contribution in [1.29, 1.82) is 0 Å². The van der Waals surface area contributed by atoms with Gasteiger partial charge in [-0.2, -0.15) is 22.7 Å². The maximum atomic E-state index is 12.6. The van der Waals surface area contributed by atoms with E-state index in [9.17, 15) is 18.0 Å². The Balaban J connectivity index is 1.60. The Kier molecular flexibility index (Phi) is 5.21. The first kappa shape index (κ1) is 19.6. The predicted octanol–water partition coefficient (Wildman–Crippen LogP) is 2.24. The van der Waals surface area contributed by atoms with E-state index < -0.39 is 11.7 Å². The van der Waals surface area contributed by atoms with Crippen LogP contribution in [0, 0.1) is 13.8 Å². The van der Waals surface area contributed by atoms with Gasteiger partial charge < -0.3 is 11.1 Å². The standard InChI is InChI=1S/C18H19F3N6O/c1-10-14(11(2)27-17(24-10)25-16(22)26-27)9-15(28)23-8-7-12-3-5-13(6-4-12)18(19,20)21/h3-6H,7-9H2,1-2H3,(H2,22,26)(H,23,28). The van der Waals surface area contributed by atoms with Gasteiger partial charge in [0.05, 0.1) is 12.0 Å². The maximum Gasteiger partial charge on any atom is 0.416 e. The van der Waals surface area contributed by atoms with Gasteiger partial charge in [-0.05, 0) is 38.0 Å². The zero-order chi connectivity index (χ0) is 20.5. The van der Waals surface area contributed by atoms with Gasteiger partial charge in [-0.15, -0.1) is 5.10 Å². The molecule has 0 saturated carbocycles. The molecule has 1 amide bonds. The largest absolute Gasteiger partial charge is 0.416 e.